The van der Waals surface area contributed by atoms with Crippen molar-refractivity contribution in [1.82, 2.24) is 9.78 Å². The Balaban J connectivity index is 2.16. The summed E-state index contributed by atoms with van der Waals surface area (Å²) in [5, 5.41) is 15.5. The van der Waals surface area contributed by atoms with Crippen LogP contribution in [0.5, 0.6) is 0 Å². The van der Waals surface area contributed by atoms with Crippen LogP contribution >= 0.6 is 15.9 Å². The third-order valence-corrected chi connectivity index (χ3v) is 3.82. The summed E-state index contributed by atoms with van der Waals surface area (Å²) >= 11 is 3.48. The number of benzene rings is 1. The molecular weight excluding hydrogens is 268 g/mol. The number of hydrogen-bond donors (Lipinski definition) is 1. The molecule has 0 spiro atoms. The van der Waals surface area contributed by atoms with E-state index in [-0.39, 0.29) is 0 Å². The SMILES string of the molecule is Cn1nc(Br)c2c(CC3(O)CC3)cccc21. The Morgan fingerprint density at radius 3 is 2.94 bits per heavy atom. The van der Waals surface area contributed by atoms with Gasteiger partial charge in [0.2, 0.25) is 0 Å². The molecule has 1 aliphatic rings. The van der Waals surface area contributed by atoms with Gasteiger partial charge in [0.05, 0.1) is 11.1 Å². The molecule has 1 fully saturated rings. The molecule has 1 aromatic carbocycles. The Bertz CT molecular complexity index is 557. The van der Waals surface area contributed by atoms with Crippen LogP contribution in [0.2, 0.25) is 0 Å². The van der Waals surface area contributed by atoms with Gasteiger partial charge in [-0.05, 0) is 40.4 Å². The number of aromatic nitrogens is 2. The van der Waals surface area contributed by atoms with E-state index in [4.69, 9.17) is 0 Å². The van der Waals surface area contributed by atoms with Crippen molar-refractivity contribution in [3.63, 3.8) is 0 Å². The molecule has 1 saturated carbocycles. The van der Waals surface area contributed by atoms with Gasteiger partial charge < -0.3 is 5.11 Å². The molecular formula is C12H13BrN2O. The van der Waals surface area contributed by atoms with Crippen molar-refractivity contribution in [2.75, 3.05) is 0 Å². The lowest BCUT2D eigenvalue weighted by molar-refractivity contribution is 0.151. The first-order valence-electron chi connectivity index (χ1n) is 5.42. The molecule has 0 aliphatic heterocycles. The number of rotatable bonds is 2. The summed E-state index contributed by atoms with van der Waals surface area (Å²) in [5.41, 5.74) is 1.83. The largest absolute Gasteiger partial charge is 0.390 e. The second-order valence-electron chi connectivity index (χ2n) is 4.63. The van der Waals surface area contributed by atoms with E-state index >= 15 is 0 Å². The highest BCUT2D eigenvalue weighted by Crippen LogP contribution is 2.40. The molecule has 0 unspecified atom stereocenters. The number of nitrogens with zero attached hydrogens (tertiary/aromatic N) is 2. The van der Waals surface area contributed by atoms with Crippen molar-refractivity contribution in [3.8, 4) is 0 Å². The molecule has 0 atom stereocenters. The van der Waals surface area contributed by atoms with Gasteiger partial charge in [-0.25, -0.2) is 0 Å². The van der Waals surface area contributed by atoms with E-state index < -0.39 is 5.60 Å². The molecule has 1 aromatic heterocycles. The number of hydrogen-bond acceptors (Lipinski definition) is 2. The molecule has 84 valence electrons. The summed E-state index contributed by atoms with van der Waals surface area (Å²) in [6.07, 6.45) is 2.57. The van der Waals surface area contributed by atoms with Crippen LogP contribution in [0.25, 0.3) is 10.9 Å². The maximum atomic E-state index is 10.00. The van der Waals surface area contributed by atoms with Gasteiger partial charge in [0.15, 0.2) is 0 Å². The van der Waals surface area contributed by atoms with Crippen molar-refractivity contribution < 1.29 is 5.11 Å². The van der Waals surface area contributed by atoms with E-state index in [1.165, 1.54) is 5.56 Å². The average molecular weight is 281 g/mol. The Hall–Kier alpha value is -0.870. The summed E-state index contributed by atoms with van der Waals surface area (Å²) in [4.78, 5) is 0. The summed E-state index contributed by atoms with van der Waals surface area (Å²) in [5.74, 6) is 0. The zero-order valence-electron chi connectivity index (χ0n) is 9.07. The van der Waals surface area contributed by atoms with Crippen LogP contribution in [0.3, 0.4) is 0 Å². The summed E-state index contributed by atoms with van der Waals surface area (Å²) in [6, 6.07) is 6.15. The zero-order chi connectivity index (χ0) is 11.3. The highest BCUT2D eigenvalue weighted by molar-refractivity contribution is 9.10. The minimum atomic E-state index is -0.455. The Morgan fingerprint density at radius 1 is 1.50 bits per heavy atom. The van der Waals surface area contributed by atoms with E-state index in [0.29, 0.717) is 0 Å². The molecule has 0 bridgehead atoms. The second-order valence-corrected chi connectivity index (χ2v) is 5.38. The van der Waals surface area contributed by atoms with Gasteiger partial charge >= 0.3 is 0 Å². The lowest BCUT2D eigenvalue weighted by Crippen LogP contribution is -2.10. The van der Waals surface area contributed by atoms with Crippen molar-refractivity contribution in [2.24, 2.45) is 7.05 Å². The van der Waals surface area contributed by atoms with E-state index in [0.717, 1.165) is 34.8 Å². The van der Waals surface area contributed by atoms with Crippen molar-refractivity contribution in [1.29, 1.82) is 0 Å². The number of aliphatic hydroxyl groups is 1. The monoisotopic (exact) mass is 280 g/mol. The molecule has 16 heavy (non-hydrogen) atoms. The molecule has 0 amide bonds. The van der Waals surface area contributed by atoms with Crippen LogP contribution in [0.4, 0.5) is 0 Å². The maximum absolute atomic E-state index is 10.00. The fourth-order valence-corrected chi connectivity index (χ4v) is 2.85. The quantitative estimate of drug-likeness (QED) is 0.918. The highest BCUT2D eigenvalue weighted by Gasteiger charge is 2.40. The predicted molar refractivity (Wildman–Crippen MR) is 66.3 cm³/mol. The zero-order valence-corrected chi connectivity index (χ0v) is 10.7. The maximum Gasteiger partial charge on any atom is 0.136 e. The van der Waals surface area contributed by atoms with Crippen LogP contribution in [0, 0.1) is 0 Å². The molecule has 2 aromatic rings. The molecule has 1 aliphatic carbocycles. The fraction of sp³-hybridized carbons (Fsp3) is 0.417. The Kier molecular flexibility index (Phi) is 2.13. The first-order chi connectivity index (χ1) is 7.59. The minimum Gasteiger partial charge on any atom is -0.390 e. The normalized spacial score (nSPS) is 17.9. The van der Waals surface area contributed by atoms with Gasteiger partial charge in [-0.1, -0.05) is 12.1 Å². The van der Waals surface area contributed by atoms with Gasteiger partial charge in [-0.3, -0.25) is 4.68 Å². The molecule has 0 saturated heterocycles. The van der Waals surface area contributed by atoms with Crippen molar-refractivity contribution in [3.05, 3.63) is 28.4 Å². The fourth-order valence-electron chi connectivity index (χ4n) is 2.15. The van der Waals surface area contributed by atoms with E-state index in [1.807, 2.05) is 23.9 Å². The molecule has 3 nitrogen and oxygen atoms in total. The van der Waals surface area contributed by atoms with Crippen LogP contribution in [0.15, 0.2) is 22.8 Å². The molecule has 1 heterocycles. The van der Waals surface area contributed by atoms with Gasteiger partial charge in [-0.15, -0.1) is 0 Å². The van der Waals surface area contributed by atoms with Crippen molar-refractivity contribution >= 4 is 26.8 Å². The first-order valence-corrected chi connectivity index (χ1v) is 6.21. The van der Waals surface area contributed by atoms with Crippen LogP contribution < -0.4 is 0 Å². The molecule has 0 radical (unpaired) electrons. The van der Waals surface area contributed by atoms with Crippen LogP contribution in [-0.2, 0) is 13.5 Å². The lowest BCUT2D eigenvalue weighted by Gasteiger charge is -2.08. The van der Waals surface area contributed by atoms with Gasteiger partial charge in [0.25, 0.3) is 0 Å². The highest BCUT2D eigenvalue weighted by atomic mass is 79.9. The van der Waals surface area contributed by atoms with Gasteiger partial charge in [0.1, 0.15) is 4.60 Å². The third-order valence-electron chi connectivity index (χ3n) is 3.27. The summed E-state index contributed by atoms with van der Waals surface area (Å²) < 4.78 is 2.73. The van der Waals surface area contributed by atoms with Crippen LogP contribution in [-0.4, -0.2) is 20.5 Å². The van der Waals surface area contributed by atoms with Crippen LogP contribution in [0.1, 0.15) is 18.4 Å². The summed E-state index contributed by atoms with van der Waals surface area (Å²) in [6.45, 7) is 0. The van der Waals surface area contributed by atoms with E-state index in [1.54, 1.807) is 0 Å². The smallest absolute Gasteiger partial charge is 0.136 e. The first kappa shape index (κ1) is 10.3. The lowest BCUT2D eigenvalue weighted by atomic mass is 10.0. The molecule has 1 N–H and O–H groups in total. The summed E-state index contributed by atoms with van der Waals surface area (Å²) in [7, 11) is 1.93. The Labute approximate surface area is 102 Å². The number of halogens is 1. The van der Waals surface area contributed by atoms with Gasteiger partial charge in [-0.2, -0.15) is 5.10 Å². The number of aryl methyl sites for hydroxylation is 1. The molecule has 4 heteroatoms. The van der Waals surface area contributed by atoms with E-state index in [9.17, 15) is 5.11 Å². The third kappa shape index (κ3) is 1.57. The Morgan fingerprint density at radius 2 is 2.25 bits per heavy atom. The predicted octanol–water partition coefficient (Wildman–Crippen LogP) is 2.40. The average Bonchev–Trinajstić information content (AvgIpc) is 2.87. The van der Waals surface area contributed by atoms with Crippen molar-refractivity contribution in [2.45, 2.75) is 24.9 Å². The second kappa shape index (κ2) is 3.31. The standard InChI is InChI=1S/C12H13BrN2O/c1-15-9-4-2-3-8(7-12(16)5-6-12)10(9)11(13)14-15/h2-4,16H,5-7H2,1H3. The topological polar surface area (TPSA) is 38.0 Å². The molecule has 3 rings (SSSR count). The van der Waals surface area contributed by atoms with Gasteiger partial charge in [0, 0.05) is 18.9 Å². The van der Waals surface area contributed by atoms with E-state index in [2.05, 4.69) is 27.1 Å². The minimum absolute atomic E-state index is 0.455. The number of fused-ring (bicyclic) bond motifs is 1.